The van der Waals surface area contributed by atoms with E-state index in [9.17, 15) is 14.9 Å². The lowest BCUT2D eigenvalue weighted by molar-refractivity contribution is -0.384. The minimum Gasteiger partial charge on any atom is -0.384 e. The minimum absolute atomic E-state index is 0.0298. The van der Waals surface area contributed by atoms with Crippen molar-refractivity contribution in [1.82, 2.24) is 10.6 Å². The molecule has 1 aromatic rings. The van der Waals surface area contributed by atoms with Gasteiger partial charge in [0.05, 0.1) is 16.9 Å². The Bertz CT molecular complexity index is 624. The Hall–Kier alpha value is -2.19. The molecule has 1 amide bonds. The van der Waals surface area contributed by atoms with Crippen molar-refractivity contribution in [2.45, 2.75) is 26.2 Å². The van der Waals surface area contributed by atoms with Crippen LogP contribution in [0.1, 0.15) is 24.8 Å². The maximum absolute atomic E-state index is 12.6. The Morgan fingerprint density at radius 1 is 1.35 bits per heavy atom. The molecule has 1 aliphatic heterocycles. The Morgan fingerprint density at radius 3 is 2.73 bits per heavy atom. The number of hydrogen-bond donors (Lipinski definition) is 3. The molecule has 26 heavy (non-hydrogen) atoms. The molecular weight excluding hydrogens is 336 g/mol. The van der Waals surface area contributed by atoms with Crippen LogP contribution in [0.5, 0.6) is 0 Å². The molecule has 0 aromatic heterocycles. The number of piperidine rings is 1. The number of nitro groups is 1. The molecule has 2 rings (SSSR count). The third kappa shape index (κ3) is 5.15. The predicted octanol–water partition coefficient (Wildman–Crippen LogP) is 1.84. The second kappa shape index (κ2) is 9.49. The largest absolute Gasteiger partial charge is 0.384 e. The maximum Gasteiger partial charge on any atom is 0.292 e. The average Bonchev–Trinajstić information content (AvgIpc) is 2.63. The van der Waals surface area contributed by atoms with E-state index in [1.54, 1.807) is 19.2 Å². The van der Waals surface area contributed by atoms with E-state index in [0.717, 1.165) is 31.5 Å². The van der Waals surface area contributed by atoms with Crippen LogP contribution in [0.2, 0.25) is 0 Å². The first-order chi connectivity index (χ1) is 12.5. The van der Waals surface area contributed by atoms with Gasteiger partial charge in [-0.1, -0.05) is 6.07 Å². The van der Waals surface area contributed by atoms with Crippen LogP contribution in [-0.4, -0.2) is 50.7 Å². The minimum atomic E-state index is -0.455. The first-order valence-electron chi connectivity index (χ1n) is 8.95. The third-order valence-corrected chi connectivity index (χ3v) is 4.77. The number of ether oxygens (including phenoxy) is 1. The molecule has 0 spiro atoms. The van der Waals surface area contributed by atoms with Gasteiger partial charge in [0.25, 0.3) is 5.69 Å². The van der Waals surface area contributed by atoms with Crippen molar-refractivity contribution in [3.05, 3.63) is 33.9 Å². The number of benzene rings is 1. The van der Waals surface area contributed by atoms with E-state index in [-0.39, 0.29) is 16.5 Å². The molecule has 0 radical (unpaired) electrons. The lowest BCUT2D eigenvalue weighted by atomic mass is 9.78. The summed E-state index contributed by atoms with van der Waals surface area (Å²) in [5.41, 5.74) is 0.965. The summed E-state index contributed by atoms with van der Waals surface area (Å²) < 4.78 is 5.27. The van der Waals surface area contributed by atoms with Crippen LogP contribution in [0, 0.1) is 22.5 Å². The van der Waals surface area contributed by atoms with E-state index in [0.29, 0.717) is 31.8 Å². The molecule has 3 N–H and O–H groups in total. The van der Waals surface area contributed by atoms with E-state index in [1.165, 1.54) is 0 Å². The van der Waals surface area contributed by atoms with Gasteiger partial charge in [0.2, 0.25) is 5.91 Å². The number of nitro benzene ring substituents is 1. The number of anilines is 1. The number of aryl methyl sites for hydroxylation is 1. The molecule has 8 nitrogen and oxygen atoms in total. The molecular formula is C18H28N4O4. The zero-order valence-corrected chi connectivity index (χ0v) is 15.5. The van der Waals surface area contributed by atoms with Crippen molar-refractivity contribution >= 4 is 17.3 Å². The summed E-state index contributed by atoms with van der Waals surface area (Å²) in [6.45, 7) is 4.94. The molecule has 1 saturated heterocycles. The number of rotatable bonds is 9. The highest BCUT2D eigenvalue weighted by Gasteiger charge is 2.39. The highest BCUT2D eigenvalue weighted by Crippen LogP contribution is 2.29. The van der Waals surface area contributed by atoms with Crippen LogP contribution in [-0.2, 0) is 9.53 Å². The monoisotopic (exact) mass is 364 g/mol. The fourth-order valence-corrected chi connectivity index (χ4v) is 3.26. The van der Waals surface area contributed by atoms with Crippen molar-refractivity contribution in [1.29, 1.82) is 0 Å². The van der Waals surface area contributed by atoms with Gasteiger partial charge in [0.1, 0.15) is 5.69 Å². The van der Waals surface area contributed by atoms with Crippen molar-refractivity contribution < 1.29 is 14.5 Å². The number of amides is 1. The van der Waals surface area contributed by atoms with Gasteiger partial charge in [0, 0.05) is 26.3 Å². The van der Waals surface area contributed by atoms with Crippen LogP contribution in [0.25, 0.3) is 0 Å². The van der Waals surface area contributed by atoms with E-state index in [1.807, 2.05) is 13.0 Å². The standard InChI is InChI=1S/C18H28N4O4/c1-14-4-5-15(16(12-14)22(24)25)20-8-3-9-21-17(23)18(13-26-2)6-10-19-11-7-18/h4-5,12,19-20H,3,6-11,13H2,1-2H3,(H,21,23). The van der Waals surface area contributed by atoms with Gasteiger partial charge < -0.3 is 20.7 Å². The zero-order valence-electron chi connectivity index (χ0n) is 15.5. The molecule has 1 aromatic carbocycles. The number of carbonyl (C=O) groups is 1. The molecule has 144 valence electrons. The Morgan fingerprint density at radius 2 is 2.08 bits per heavy atom. The molecule has 0 aliphatic carbocycles. The lowest BCUT2D eigenvalue weighted by Crippen LogP contribution is -2.50. The van der Waals surface area contributed by atoms with E-state index < -0.39 is 5.41 Å². The Balaban J connectivity index is 1.80. The second-order valence-electron chi connectivity index (χ2n) is 6.78. The van der Waals surface area contributed by atoms with Gasteiger partial charge in [-0.2, -0.15) is 0 Å². The predicted molar refractivity (Wildman–Crippen MR) is 100 cm³/mol. The van der Waals surface area contributed by atoms with Crippen molar-refractivity contribution in [2.24, 2.45) is 5.41 Å². The molecule has 1 heterocycles. The zero-order chi connectivity index (χ0) is 19.0. The summed E-state index contributed by atoms with van der Waals surface area (Å²) in [5.74, 6) is 0.0298. The SMILES string of the molecule is COCC1(C(=O)NCCCNc2ccc(C)cc2[N+](=O)[O-])CCNCC1. The molecule has 0 atom stereocenters. The summed E-state index contributed by atoms with van der Waals surface area (Å²) in [6, 6.07) is 5.10. The van der Waals surface area contributed by atoms with Gasteiger partial charge in [-0.3, -0.25) is 14.9 Å². The number of carbonyl (C=O) groups excluding carboxylic acids is 1. The summed E-state index contributed by atoms with van der Waals surface area (Å²) in [4.78, 5) is 23.3. The summed E-state index contributed by atoms with van der Waals surface area (Å²) in [7, 11) is 1.62. The smallest absolute Gasteiger partial charge is 0.292 e. The highest BCUT2D eigenvalue weighted by molar-refractivity contribution is 5.83. The summed E-state index contributed by atoms with van der Waals surface area (Å²) >= 11 is 0. The normalized spacial score (nSPS) is 16.1. The van der Waals surface area contributed by atoms with Crippen molar-refractivity contribution in [3.8, 4) is 0 Å². The van der Waals surface area contributed by atoms with E-state index >= 15 is 0 Å². The molecule has 0 saturated carbocycles. The maximum atomic E-state index is 12.6. The van der Waals surface area contributed by atoms with Crippen molar-refractivity contribution in [2.75, 3.05) is 45.2 Å². The molecule has 0 unspecified atom stereocenters. The van der Waals surface area contributed by atoms with Gasteiger partial charge in [0.15, 0.2) is 0 Å². The van der Waals surface area contributed by atoms with Crippen LogP contribution in [0.15, 0.2) is 18.2 Å². The first kappa shape index (κ1) is 20.1. The second-order valence-corrected chi connectivity index (χ2v) is 6.78. The van der Waals surface area contributed by atoms with Crippen LogP contribution in [0.4, 0.5) is 11.4 Å². The number of methoxy groups -OCH3 is 1. The van der Waals surface area contributed by atoms with Crippen molar-refractivity contribution in [3.63, 3.8) is 0 Å². The molecule has 1 aliphatic rings. The van der Waals surface area contributed by atoms with Gasteiger partial charge in [-0.15, -0.1) is 0 Å². The molecule has 1 fully saturated rings. The third-order valence-electron chi connectivity index (χ3n) is 4.77. The Labute approximate surface area is 153 Å². The number of nitrogens with one attached hydrogen (secondary N) is 3. The summed E-state index contributed by atoms with van der Waals surface area (Å²) in [6.07, 6.45) is 2.21. The lowest BCUT2D eigenvalue weighted by Gasteiger charge is -2.35. The van der Waals surface area contributed by atoms with E-state index in [2.05, 4.69) is 16.0 Å². The van der Waals surface area contributed by atoms with Crippen LogP contribution >= 0.6 is 0 Å². The topological polar surface area (TPSA) is 106 Å². The van der Waals surface area contributed by atoms with Crippen LogP contribution in [0.3, 0.4) is 0 Å². The van der Waals surface area contributed by atoms with Gasteiger partial charge in [-0.25, -0.2) is 0 Å². The number of nitrogens with zero attached hydrogens (tertiary/aromatic N) is 1. The van der Waals surface area contributed by atoms with Gasteiger partial charge >= 0.3 is 0 Å². The molecule has 8 heteroatoms. The fourth-order valence-electron chi connectivity index (χ4n) is 3.26. The number of hydrogen-bond acceptors (Lipinski definition) is 6. The quantitative estimate of drug-likeness (QED) is 0.351. The van der Waals surface area contributed by atoms with Crippen LogP contribution < -0.4 is 16.0 Å². The average molecular weight is 364 g/mol. The van der Waals surface area contributed by atoms with Gasteiger partial charge in [-0.05, 0) is 50.9 Å². The van der Waals surface area contributed by atoms with E-state index in [4.69, 9.17) is 4.74 Å². The Kier molecular flexibility index (Phi) is 7.35. The highest BCUT2D eigenvalue weighted by atomic mass is 16.6. The molecule has 0 bridgehead atoms. The first-order valence-corrected chi connectivity index (χ1v) is 8.95. The summed E-state index contributed by atoms with van der Waals surface area (Å²) in [5, 5.41) is 20.5. The fraction of sp³-hybridized carbons (Fsp3) is 0.611.